The molecule has 0 bridgehead atoms. The van der Waals surface area contributed by atoms with Gasteiger partial charge >= 0.3 is 0 Å². The molecule has 0 unspecified atom stereocenters. The molecular formula is C8H13IO5. The van der Waals surface area contributed by atoms with E-state index in [4.69, 9.17) is 18.9 Å². The molecule has 14 heavy (non-hydrogen) atoms. The lowest BCUT2D eigenvalue weighted by molar-refractivity contribution is -0.311. The zero-order chi connectivity index (χ0) is 9.97. The van der Waals surface area contributed by atoms with Crippen molar-refractivity contribution in [1.82, 2.24) is 0 Å². The number of fused-ring (bicyclic) bond motifs is 1. The van der Waals surface area contributed by atoms with Gasteiger partial charge in [-0.15, -0.1) is 0 Å². The van der Waals surface area contributed by atoms with Crippen molar-refractivity contribution in [3.63, 3.8) is 0 Å². The van der Waals surface area contributed by atoms with Gasteiger partial charge in [0.1, 0.15) is 31.9 Å². The zero-order valence-electron chi connectivity index (χ0n) is 7.60. The van der Waals surface area contributed by atoms with Gasteiger partial charge in [0.05, 0.1) is 12.7 Å². The third kappa shape index (κ3) is 2.20. The van der Waals surface area contributed by atoms with E-state index in [0.717, 1.165) is 0 Å². The van der Waals surface area contributed by atoms with Gasteiger partial charge in [0.15, 0.2) is 0 Å². The molecule has 2 aliphatic rings. The van der Waals surface area contributed by atoms with Crippen molar-refractivity contribution in [2.75, 3.05) is 24.6 Å². The van der Waals surface area contributed by atoms with E-state index in [2.05, 4.69) is 22.6 Å². The maximum atomic E-state index is 9.71. The highest BCUT2D eigenvalue weighted by molar-refractivity contribution is 14.1. The zero-order valence-corrected chi connectivity index (χ0v) is 9.75. The summed E-state index contributed by atoms with van der Waals surface area (Å²) in [7, 11) is 0. The van der Waals surface area contributed by atoms with Crippen molar-refractivity contribution in [3.05, 3.63) is 0 Å². The van der Waals surface area contributed by atoms with Crippen molar-refractivity contribution in [2.45, 2.75) is 24.4 Å². The minimum atomic E-state index is -0.509. The molecule has 0 spiro atoms. The molecule has 0 radical (unpaired) electrons. The van der Waals surface area contributed by atoms with Gasteiger partial charge in [0.2, 0.25) is 0 Å². The molecule has 2 aliphatic heterocycles. The number of rotatable bonds is 2. The van der Waals surface area contributed by atoms with Crippen LogP contribution in [0, 0.1) is 0 Å². The van der Waals surface area contributed by atoms with Crippen LogP contribution in [-0.4, -0.2) is 54.1 Å². The van der Waals surface area contributed by atoms with Gasteiger partial charge in [-0.25, -0.2) is 0 Å². The average molecular weight is 316 g/mol. The maximum Gasteiger partial charge on any atom is 0.147 e. The highest BCUT2D eigenvalue weighted by atomic mass is 127. The monoisotopic (exact) mass is 316 g/mol. The predicted octanol–water partition coefficient (Wildman–Crippen LogP) is -0.103. The highest BCUT2D eigenvalue weighted by Gasteiger charge is 2.41. The Bertz CT molecular complexity index is 187. The summed E-state index contributed by atoms with van der Waals surface area (Å²) in [4.78, 5) is 0. The van der Waals surface area contributed by atoms with Crippen LogP contribution in [0.15, 0.2) is 0 Å². The quantitative estimate of drug-likeness (QED) is 0.569. The molecule has 82 valence electrons. The smallest absolute Gasteiger partial charge is 0.147 e. The van der Waals surface area contributed by atoms with Crippen LogP contribution in [0.5, 0.6) is 0 Å². The van der Waals surface area contributed by atoms with Crippen LogP contribution in [0.3, 0.4) is 0 Å². The van der Waals surface area contributed by atoms with E-state index in [-0.39, 0.29) is 31.9 Å². The molecule has 2 saturated heterocycles. The first kappa shape index (κ1) is 11.0. The summed E-state index contributed by atoms with van der Waals surface area (Å²) in [6.45, 7) is 0.961. The van der Waals surface area contributed by atoms with Crippen LogP contribution >= 0.6 is 22.6 Å². The maximum absolute atomic E-state index is 9.71. The van der Waals surface area contributed by atoms with Gasteiger partial charge in [-0.3, -0.25) is 0 Å². The standard InChI is InChI=1S/C8H13IO5/c9-1-5(10)7-8-6(12-4-14-7)2-11-3-13-8/h5-8,10H,1-4H2/t5-,6-,7+,8+/m1/s1. The molecule has 0 aliphatic carbocycles. The molecule has 0 aromatic carbocycles. The first-order valence-electron chi connectivity index (χ1n) is 4.49. The van der Waals surface area contributed by atoms with Gasteiger partial charge < -0.3 is 24.1 Å². The number of halogens is 1. The van der Waals surface area contributed by atoms with E-state index in [1.165, 1.54) is 0 Å². The van der Waals surface area contributed by atoms with Gasteiger partial charge in [-0.1, -0.05) is 22.6 Å². The fraction of sp³-hybridized carbons (Fsp3) is 1.00. The molecule has 2 fully saturated rings. The largest absolute Gasteiger partial charge is 0.390 e. The summed E-state index contributed by atoms with van der Waals surface area (Å²) in [6, 6.07) is 0. The number of ether oxygens (including phenoxy) is 4. The number of hydrogen-bond donors (Lipinski definition) is 1. The average Bonchev–Trinajstić information content (AvgIpc) is 2.27. The number of hydrogen-bond acceptors (Lipinski definition) is 5. The predicted molar refractivity (Wildman–Crippen MR) is 55.2 cm³/mol. The van der Waals surface area contributed by atoms with Gasteiger partial charge in [0, 0.05) is 4.43 Å². The first-order chi connectivity index (χ1) is 6.83. The Morgan fingerprint density at radius 1 is 1.29 bits per heavy atom. The summed E-state index contributed by atoms with van der Waals surface area (Å²) in [5.41, 5.74) is 0. The van der Waals surface area contributed by atoms with E-state index in [1.54, 1.807) is 0 Å². The third-order valence-electron chi connectivity index (χ3n) is 2.40. The van der Waals surface area contributed by atoms with E-state index >= 15 is 0 Å². The molecule has 0 amide bonds. The molecule has 2 heterocycles. The van der Waals surface area contributed by atoms with E-state index in [0.29, 0.717) is 11.0 Å². The second-order valence-corrected chi connectivity index (χ2v) is 4.18. The molecule has 2 rings (SSSR count). The van der Waals surface area contributed by atoms with E-state index in [9.17, 15) is 5.11 Å². The fourth-order valence-electron chi connectivity index (χ4n) is 1.66. The highest BCUT2D eigenvalue weighted by Crippen LogP contribution is 2.24. The van der Waals surface area contributed by atoms with Crippen LogP contribution in [0.1, 0.15) is 0 Å². The number of aliphatic hydroxyl groups is 1. The Hall–Kier alpha value is 0.530. The molecule has 1 N–H and O–H groups in total. The second kappa shape index (κ2) is 5.04. The van der Waals surface area contributed by atoms with E-state index < -0.39 is 6.10 Å². The Morgan fingerprint density at radius 2 is 2.14 bits per heavy atom. The first-order valence-corrected chi connectivity index (χ1v) is 6.02. The summed E-state index contributed by atoms with van der Waals surface area (Å²) in [6.07, 6.45) is -1.12. The lowest BCUT2D eigenvalue weighted by atomic mass is 10.0. The van der Waals surface area contributed by atoms with E-state index in [1.807, 2.05) is 0 Å². The summed E-state index contributed by atoms with van der Waals surface area (Å²) in [5.74, 6) is 0. The van der Waals surface area contributed by atoms with Crippen molar-refractivity contribution in [2.24, 2.45) is 0 Å². The van der Waals surface area contributed by atoms with Gasteiger partial charge in [0.25, 0.3) is 0 Å². The van der Waals surface area contributed by atoms with Crippen LogP contribution in [0.2, 0.25) is 0 Å². The summed E-state index contributed by atoms with van der Waals surface area (Å²) in [5, 5.41) is 9.71. The topological polar surface area (TPSA) is 57.2 Å². The molecule has 5 nitrogen and oxygen atoms in total. The molecular weight excluding hydrogens is 303 g/mol. The van der Waals surface area contributed by atoms with Gasteiger partial charge in [-0.2, -0.15) is 0 Å². The lowest BCUT2D eigenvalue weighted by Gasteiger charge is -2.41. The minimum absolute atomic E-state index is 0.111. The Balaban J connectivity index is 2.01. The Morgan fingerprint density at radius 3 is 2.93 bits per heavy atom. The summed E-state index contributed by atoms with van der Waals surface area (Å²) >= 11 is 2.12. The van der Waals surface area contributed by atoms with Crippen molar-refractivity contribution in [1.29, 1.82) is 0 Å². The van der Waals surface area contributed by atoms with Crippen LogP contribution in [0.4, 0.5) is 0 Å². The Labute approximate surface area is 95.8 Å². The number of alkyl halides is 1. The second-order valence-electron chi connectivity index (χ2n) is 3.30. The molecule has 6 heteroatoms. The normalized spacial score (nSPS) is 40.3. The third-order valence-corrected chi connectivity index (χ3v) is 3.30. The lowest BCUT2D eigenvalue weighted by Crippen LogP contribution is -2.57. The Kier molecular flexibility index (Phi) is 3.97. The SMILES string of the molecule is O[C@H](CI)[C@@H]1OCO[C@@H]2COCO[C@H]12. The molecule has 0 saturated carbocycles. The van der Waals surface area contributed by atoms with Crippen LogP contribution < -0.4 is 0 Å². The minimum Gasteiger partial charge on any atom is -0.390 e. The van der Waals surface area contributed by atoms with Crippen molar-refractivity contribution < 1.29 is 24.1 Å². The fourth-order valence-corrected chi connectivity index (χ4v) is 2.16. The van der Waals surface area contributed by atoms with Crippen LogP contribution in [0.25, 0.3) is 0 Å². The van der Waals surface area contributed by atoms with Crippen molar-refractivity contribution in [3.8, 4) is 0 Å². The summed E-state index contributed by atoms with van der Waals surface area (Å²) < 4.78 is 21.8. The van der Waals surface area contributed by atoms with Crippen LogP contribution in [-0.2, 0) is 18.9 Å². The molecule has 4 atom stereocenters. The van der Waals surface area contributed by atoms with Crippen molar-refractivity contribution >= 4 is 22.6 Å². The molecule has 0 aromatic rings. The molecule has 0 aromatic heterocycles. The number of aliphatic hydroxyl groups excluding tert-OH is 1. The van der Waals surface area contributed by atoms with Gasteiger partial charge in [-0.05, 0) is 0 Å².